The number of hydrogen-bond acceptors (Lipinski definition) is 3. The van der Waals surface area contributed by atoms with Crippen LogP contribution in [0.3, 0.4) is 0 Å². The van der Waals surface area contributed by atoms with Gasteiger partial charge in [-0.3, -0.25) is 0 Å². The fourth-order valence-electron chi connectivity index (χ4n) is 3.26. The molecule has 0 aromatic carbocycles. The molecule has 3 N–H and O–H groups in total. The van der Waals surface area contributed by atoms with E-state index in [9.17, 15) is 0 Å². The highest BCUT2D eigenvalue weighted by Crippen LogP contribution is 2.22. The molecule has 0 amide bonds. The number of ether oxygens (including phenoxy) is 1. The molecule has 0 saturated carbocycles. The Morgan fingerprint density at radius 2 is 2.11 bits per heavy atom. The Bertz CT molecular complexity index is 205. The quantitative estimate of drug-likeness (QED) is 0.568. The van der Waals surface area contributed by atoms with Crippen LogP contribution in [0.15, 0.2) is 0 Å². The molecule has 114 valence electrons. The van der Waals surface area contributed by atoms with Crippen molar-refractivity contribution in [2.75, 3.05) is 26.2 Å². The van der Waals surface area contributed by atoms with E-state index in [4.69, 9.17) is 10.5 Å². The molecule has 1 fully saturated rings. The smallest absolute Gasteiger partial charge is 0.0613 e. The summed E-state index contributed by atoms with van der Waals surface area (Å²) in [6, 6.07) is 0. The largest absolute Gasteiger partial charge is 0.378 e. The monoisotopic (exact) mass is 270 g/mol. The highest BCUT2D eigenvalue weighted by molar-refractivity contribution is 4.77. The van der Waals surface area contributed by atoms with Gasteiger partial charge >= 0.3 is 0 Å². The molecule has 0 aromatic rings. The van der Waals surface area contributed by atoms with E-state index in [1.807, 2.05) is 0 Å². The van der Waals surface area contributed by atoms with Crippen LogP contribution in [0.5, 0.6) is 0 Å². The molecular weight excluding hydrogens is 236 g/mol. The van der Waals surface area contributed by atoms with E-state index in [2.05, 4.69) is 19.2 Å². The summed E-state index contributed by atoms with van der Waals surface area (Å²) in [5.74, 6) is 1.58. The van der Waals surface area contributed by atoms with Crippen LogP contribution in [0.2, 0.25) is 0 Å². The van der Waals surface area contributed by atoms with Crippen LogP contribution in [-0.4, -0.2) is 32.3 Å². The summed E-state index contributed by atoms with van der Waals surface area (Å²) in [7, 11) is 0. The average molecular weight is 270 g/mol. The Morgan fingerprint density at radius 1 is 1.26 bits per heavy atom. The maximum absolute atomic E-state index is 5.72. The molecule has 3 unspecified atom stereocenters. The van der Waals surface area contributed by atoms with Gasteiger partial charge in [0.25, 0.3) is 0 Å². The molecule has 0 aliphatic carbocycles. The van der Waals surface area contributed by atoms with E-state index in [1.165, 1.54) is 38.5 Å². The Kier molecular flexibility index (Phi) is 9.48. The van der Waals surface area contributed by atoms with Gasteiger partial charge in [0, 0.05) is 13.2 Å². The van der Waals surface area contributed by atoms with Gasteiger partial charge in [-0.15, -0.1) is 0 Å². The normalized spacial score (nSPS) is 24.8. The minimum atomic E-state index is 0.498. The zero-order valence-corrected chi connectivity index (χ0v) is 13.0. The third-order valence-electron chi connectivity index (χ3n) is 4.39. The summed E-state index contributed by atoms with van der Waals surface area (Å²) in [6.45, 7) is 8.58. The Hall–Kier alpha value is -0.120. The van der Waals surface area contributed by atoms with E-state index < -0.39 is 0 Å². The van der Waals surface area contributed by atoms with Crippen molar-refractivity contribution >= 4 is 0 Å². The van der Waals surface area contributed by atoms with Crippen LogP contribution in [0.4, 0.5) is 0 Å². The molecule has 1 saturated heterocycles. The van der Waals surface area contributed by atoms with Crippen LogP contribution in [0.25, 0.3) is 0 Å². The van der Waals surface area contributed by atoms with Crippen molar-refractivity contribution in [3.05, 3.63) is 0 Å². The number of nitrogens with one attached hydrogen (secondary N) is 1. The van der Waals surface area contributed by atoms with Crippen LogP contribution in [0, 0.1) is 11.8 Å². The summed E-state index contributed by atoms with van der Waals surface area (Å²) < 4.78 is 5.72. The molecule has 0 spiro atoms. The highest BCUT2D eigenvalue weighted by Gasteiger charge is 2.25. The molecule has 3 nitrogen and oxygen atoms in total. The minimum Gasteiger partial charge on any atom is -0.378 e. The molecular formula is C16H34N2O. The Labute approximate surface area is 119 Å². The average Bonchev–Trinajstić information content (AvgIpc) is 2.86. The zero-order valence-electron chi connectivity index (χ0n) is 13.0. The number of rotatable bonds is 11. The van der Waals surface area contributed by atoms with Gasteiger partial charge in [0.05, 0.1) is 6.10 Å². The van der Waals surface area contributed by atoms with Crippen molar-refractivity contribution in [1.82, 2.24) is 5.32 Å². The minimum absolute atomic E-state index is 0.498. The van der Waals surface area contributed by atoms with Gasteiger partial charge in [0.15, 0.2) is 0 Å². The fraction of sp³-hybridized carbons (Fsp3) is 1.00. The maximum atomic E-state index is 5.72. The standard InChI is InChI=1S/C16H34N2O/c1-3-6-14(8-10-17)7-5-11-18-13-15-9-12-19-16(15)4-2/h14-16,18H,3-13,17H2,1-2H3. The predicted octanol–water partition coefficient (Wildman–Crippen LogP) is 2.94. The van der Waals surface area contributed by atoms with Crippen molar-refractivity contribution in [2.24, 2.45) is 17.6 Å². The van der Waals surface area contributed by atoms with Crippen molar-refractivity contribution in [3.63, 3.8) is 0 Å². The van der Waals surface area contributed by atoms with Gasteiger partial charge in [0.1, 0.15) is 0 Å². The topological polar surface area (TPSA) is 47.3 Å². The van der Waals surface area contributed by atoms with Crippen molar-refractivity contribution in [2.45, 2.75) is 64.9 Å². The third kappa shape index (κ3) is 6.73. The van der Waals surface area contributed by atoms with Crippen LogP contribution >= 0.6 is 0 Å². The molecule has 1 rings (SSSR count). The Balaban J connectivity index is 2.03. The van der Waals surface area contributed by atoms with Crippen LogP contribution in [0.1, 0.15) is 58.8 Å². The molecule has 0 bridgehead atoms. The first kappa shape index (κ1) is 16.9. The molecule has 1 heterocycles. The second-order valence-corrected chi connectivity index (χ2v) is 5.94. The van der Waals surface area contributed by atoms with Crippen LogP contribution in [-0.2, 0) is 4.74 Å². The fourth-order valence-corrected chi connectivity index (χ4v) is 3.26. The molecule has 3 heteroatoms. The van der Waals surface area contributed by atoms with Crippen LogP contribution < -0.4 is 11.1 Å². The van der Waals surface area contributed by atoms with E-state index in [0.29, 0.717) is 6.10 Å². The molecule has 0 radical (unpaired) electrons. The predicted molar refractivity (Wildman–Crippen MR) is 82.3 cm³/mol. The van der Waals surface area contributed by atoms with Crippen molar-refractivity contribution in [1.29, 1.82) is 0 Å². The summed E-state index contributed by atoms with van der Waals surface area (Å²) in [5.41, 5.74) is 5.67. The summed E-state index contributed by atoms with van der Waals surface area (Å²) in [6.07, 6.45) is 9.32. The maximum Gasteiger partial charge on any atom is 0.0613 e. The second kappa shape index (κ2) is 10.6. The third-order valence-corrected chi connectivity index (χ3v) is 4.39. The number of nitrogens with two attached hydrogens (primary N) is 1. The molecule has 19 heavy (non-hydrogen) atoms. The molecule has 1 aliphatic rings. The van der Waals surface area contributed by atoms with Crippen molar-refractivity contribution in [3.8, 4) is 0 Å². The molecule has 3 atom stereocenters. The molecule has 0 aromatic heterocycles. The second-order valence-electron chi connectivity index (χ2n) is 5.94. The van der Waals surface area contributed by atoms with E-state index in [1.54, 1.807) is 0 Å². The summed E-state index contributed by atoms with van der Waals surface area (Å²) >= 11 is 0. The lowest BCUT2D eigenvalue weighted by atomic mass is 9.94. The van der Waals surface area contributed by atoms with E-state index in [-0.39, 0.29) is 0 Å². The first-order valence-corrected chi connectivity index (χ1v) is 8.34. The highest BCUT2D eigenvalue weighted by atomic mass is 16.5. The van der Waals surface area contributed by atoms with Gasteiger partial charge < -0.3 is 15.8 Å². The SMILES string of the molecule is CCCC(CCN)CCCNCC1CCOC1CC. The van der Waals surface area contributed by atoms with Crippen molar-refractivity contribution < 1.29 is 4.74 Å². The lowest BCUT2D eigenvalue weighted by Crippen LogP contribution is -2.29. The zero-order chi connectivity index (χ0) is 13.9. The van der Waals surface area contributed by atoms with E-state index >= 15 is 0 Å². The molecule has 1 aliphatic heterocycles. The summed E-state index contributed by atoms with van der Waals surface area (Å²) in [4.78, 5) is 0. The number of hydrogen-bond donors (Lipinski definition) is 2. The summed E-state index contributed by atoms with van der Waals surface area (Å²) in [5, 5.41) is 3.62. The Morgan fingerprint density at radius 3 is 2.79 bits per heavy atom. The first-order chi connectivity index (χ1) is 9.31. The van der Waals surface area contributed by atoms with Gasteiger partial charge in [-0.1, -0.05) is 26.7 Å². The van der Waals surface area contributed by atoms with Gasteiger partial charge in [0.2, 0.25) is 0 Å². The lowest BCUT2D eigenvalue weighted by Gasteiger charge is -2.18. The van der Waals surface area contributed by atoms with Gasteiger partial charge in [-0.05, 0) is 57.0 Å². The van der Waals surface area contributed by atoms with Gasteiger partial charge in [-0.25, -0.2) is 0 Å². The van der Waals surface area contributed by atoms with E-state index in [0.717, 1.165) is 44.5 Å². The first-order valence-electron chi connectivity index (χ1n) is 8.34. The lowest BCUT2D eigenvalue weighted by molar-refractivity contribution is 0.0873. The van der Waals surface area contributed by atoms with Gasteiger partial charge in [-0.2, -0.15) is 0 Å².